The van der Waals surface area contributed by atoms with Crippen molar-refractivity contribution in [2.24, 2.45) is 0 Å². The monoisotopic (exact) mass is 299 g/mol. The molecule has 0 amide bonds. The lowest BCUT2D eigenvalue weighted by molar-refractivity contribution is 0.267. The Balaban J connectivity index is 2.42. The van der Waals surface area contributed by atoms with Gasteiger partial charge in [0.25, 0.3) is 0 Å². The number of sulfonamides is 1. The normalized spacial score (nSPS) is 17.3. The minimum absolute atomic E-state index is 0.0625. The first kappa shape index (κ1) is 15.2. The molecule has 0 radical (unpaired) electrons. The van der Waals surface area contributed by atoms with E-state index in [0.717, 1.165) is 12.0 Å². The van der Waals surface area contributed by atoms with Gasteiger partial charge >= 0.3 is 0 Å². The van der Waals surface area contributed by atoms with E-state index in [4.69, 9.17) is 5.11 Å². The number of nitrogens with zero attached hydrogens (tertiary/aromatic N) is 3. The summed E-state index contributed by atoms with van der Waals surface area (Å²) < 4.78 is 28.6. The second kappa shape index (κ2) is 5.67. The van der Waals surface area contributed by atoms with E-state index >= 15 is 0 Å². The molecule has 1 aromatic heterocycles. The highest BCUT2D eigenvalue weighted by atomic mass is 32.2. The fourth-order valence-corrected chi connectivity index (χ4v) is 4.45. The Morgan fingerprint density at radius 1 is 1.35 bits per heavy atom. The number of rotatable bonds is 4. The highest BCUT2D eigenvalue weighted by molar-refractivity contribution is 7.89. The number of aliphatic hydroxyl groups is 1. The van der Waals surface area contributed by atoms with Crippen LogP contribution < -0.4 is 0 Å². The molecule has 2 heterocycles. The first-order valence-corrected chi connectivity index (χ1v) is 8.12. The van der Waals surface area contributed by atoms with Crippen LogP contribution in [0.3, 0.4) is 0 Å². The summed E-state index contributed by atoms with van der Waals surface area (Å²) in [6.07, 6.45) is 2.81. The summed E-state index contributed by atoms with van der Waals surface area (Å²) >= 11 is 0. The zero-order chi connectivity index (χ0) is 14.9. The van der Waals surface area contributed by atoms with E-state index in [1.165, 1.54) is 4.31 Å². The molecular formula is C13H21N3O3S. The maximum absolute atomic E-state index is 12.8. The molecule has 0 saturated heterocycles. The molecule has 0 aliphatic carbocycles. The van der Waals surface area contributed by atoms with E-state index in [2.05, 4.69) is 11.2 Å². The third-order valence-electron chi connectivity index (χ3n) is 3.52. The topological polar surface area (TPSA) is 75.4 Å². The maximum Gasteiger partial charge on any atom is 0.247 e. The van der Waals surface area contributed by atoms with Gasteiger partial charge in [-0.15, -0.1) is 0 Å². The Hall–Kier alpha value is -1.18. The zero-order valence-corrected chi connectivity index (χ0v) is 12.9. The SMILES string of the molecule is CC1=CCCN(S(=O)(=O)c2c(C)nn(CCO)c2C)C1. The first-order valence-electron chi connectivity index (χ1n) is 6.68. The lowest BCUT2D eigenvalue weighted by Gasteiger charge is -2.25. The lowest BCUT2D eigenvalue weighted by atomic mass is 10.2. The lowest BCUT2D eigenvalue weighted by Crippen LogP contribution is -2.36. The highest BCUT2D eigenvalue weighted by Gasteiger charge is 2.31. The molecule has 0 aromatic carbocycles. The van der Waals surface area contributed by atoms with Gasteiger partial charge in [-0.2, -0.15) is 9.40 Å². The van der Waals surface area contributed by atoms with E-state index < -0.39 is 10.0 Å². The molecule has 7 heteroatoms. The van der Waals surface area contributed by atoms with Crippen LogP contribution >= 0.6 is 0 Å². The number of hydrogen-bond acceptors (Lipinski definition) is 4. The Morgan fingerprint density at radius 2 is 2.05 bits per heavy atom. The van der Waals surface area contributed by atoms with E-state index in [1.807, 2.05) is 6.92 Å². The molecule has 1 N–H and O–H groups in total. The Kier molecular flexibility index (Phi) is 4.31. The molecule has 6 nitrogen and oxygen atoms in total. The van der Waals surface area contributed by atoms with Crippen LogP contribution in [0, 0.1) is 13.8 Å². The second-order valence-corrected chi connectivity index (χ2v) is 7.00. The molecule has 20 heavy (non-hydrogen) atoms. The van der Waals surface area contributed by atoms with Gasteiger partial charge < -0.3 is 5.11 Å². The van der Waals surface area contributed by atoms with Crippen molar-refractivity contribution in [1.82, 2.24) is 14.1 Å². The molecule has 0 bridgehead atoms. The van der Waals surface area contributed by atoms with Gasteiger partial charge in [-0.1, -0.05) is 11.6 Å². The molecule has 1 aliphatic rings. The van der Waals surface area contributed by atoms with Gasteiger partial charge in [-0.25, -0.2) is 8.42 Å². The van der Waals surface area contributed by atoms with Crippen LogP contribution in [0.15, 0.2) is 16.5 Å². The van der Waals surface area contributed by atoms with Gasteiger partial charge in [0.2, 0.25) is 10.0 Å². The predicted molar refractivity (Wildman–Crippen MR) is 75.9 cm³/mol. The van der Waals surface area contributed by atoms with Crippen LogP contribution in [0.25, 0.3) is 0 Å². The smallest absolute Gasteiger partial charge is 0.247 e. The highest BCUT2D eigenvalue weighted by Crippen LogP contribution is 2.25. The van der Waals surface area contributed by atoms with Crippen LogP contribution in [0.4, 0.5) is 0 Å². The molecule has 112 valence electrons. The van der Waals surface area contributed by atoms with Gasteiger partial charge in [-0.05, 0) is 27.2 Å². The summed E-state index contributed by atoms with van der Waals surface area (Å²) in [6.45, 7) is 6.55. The van der Waals surface area contributed by atoms with Crippen molar-refractivity contribution in [2.45, 2.75) is 38.6 Å². The molecule has 0 unspecified atom stereocenters. The van der Waals surface area contributed by atoms with E-state index in [0.29, 0.717) is 31.0 Å². The Bertz CT molecular complexity index is 632. The summed E-state index contributed by atoms with van der Waals surface area (Å²) in [4.78, 5) is 0.278. The molecule has 0 fully saturated rings. The number of hydrogen-bond donors (Lipinski definition) is 1. The third-order valence-corrected chi connectivity index (χ3v) is 5.62. The van der Waals surface area contributed by atoms with Crippen molar-refractivity contribution in [3.8, 4) is 0 Å². The predicted octanol–water partition coefficient (Wildman–Crippen LogP) is 0.833. The van der Waals surface area contributed by atoms with Gasteiger partial charge in [-0.3, -0.25) is 4.68 Å². The van der Waals surface area contributed by atoms with Crippen molar-refractivity contribution in [3.05, 3.63) is 23.0 Å². The first-order chi connectivity index (χ1) is 9.37. The summed E-state index contributed by atoms with van der Waals surface area (Å²) in [7, 11) is -3.53. The number of aliphatic hydroxyl groups excluding tert-OH is 1. The molecule has 1 aromatic rings. The fourth-order valence-electron chi connectivity index (χ4n) is 2.58. The quantitative estimate of drug-likeness (QED) is 0.836. The molecule has 0 saturated carbocycles. The largest absolute Gasteiger partial charge is 0.394 e. The number of aryl methyl sites for hydroxylation is 1. The third kappa shape index (κ3) is 2.65. The standard InChI is InChI=1S/C13H21N3O3S/c1-10-5-4-6-15(9-10)20(18,19)13-11(2)14-16(7-8-17)12(13)3/h5,17H,4,6-9H2,1-3H3. The van der Waals surface area contributed by atoms with E-state index in [1.54, 1.807) is 18.5 Å². The van der Waals surface area contributed by atoms with E-state index in [9.17, 15) is 8.42 Å². The van der Waals surface area contributed by atoms with Crippen molar-refractivity contribution in [2.75, 3.05) is 19.7 Å². The van der Waals surface area contributed by atoms with Crippen molar-refractivity contribution in [3.63, 3.8) is 0 Å². The van der Waals surface area contributed by atoms with Crippen LogP contribution in [0.2, 0.25) is 0 Å². The Morgan fingerprint density at radius 3 is 2.65 bits per heavy atom. The minimum atomic E-state index is -3.53. The average Bonchev–Trinajstić information content (AvgIpc) is 2.65. The summed E-state index contributed by atoms with van der Waals surface area (Å²) in [5.74, 6) is 0. The van der Waals surface area contributed by atoms with Gasteiger partial charge in [0.05, 0.1) is 24.5 Å². The van der Waals surface area contributed by atoms with Crippen molar-refractivity contribution in [1.29, 1.82) is 0 Å². The van der Waals surface area contributed by atoms with Crippen molar-refractivity contribution >= 4 is 10.0 Å². The fraction of sp³-hybridized carbons (Fsp3) is 0.615. The van der Waals surface area contributed by atoms with Gasteiger partial charge in [0, 0.05) is 13.1 Å². The molecular weight excluding hydrogens is 278 g/mol. The molecule has 0 atom stereocenters. The zero-order valence-electron chi connectivity index (χ0n) is 12.1. The second-order valence-electron chi connectivity index (χ2n) is 5.12. The van der Waals surface area contributed by atoms with Crippen LogP contribution in [-0.2, 0) is 16.6 Å². The number of aromatic nitrogens is 2. The average molecular weight is 299 g/mol. The molecule has 1 aliphatic heterocycles. The summed E-state index contributed by atoms with van der Waals surface area (Å²) in [5, 5.41) is 13.2. The van der Waals surface area contributed by atoms with E-state index in [-0.39, 0.29) is 11.5 Å². The molecule has 0 spiro atoms. The van der Waals surface area contributed by atoms with Crippen LogP contribution in [-0.4, -0.2) is 47.3 Å². The minimum Gasteiger partial charge on any atom is -0.394 e. The van der Waals surface area contributed by atoms with Crippen LogP contribution in [0.5, 0.6) is 0 Å². The van der Waals surface area contributed by atoms with Crippen LogP contribution in [0.1, 0.15) is 24.7 Å². The van der Waals surface area contributed by atoms with Gasteiger partial charge in [0.1, 0.15) is 4.90 Å². The summed E-state index contributed by atoms with van der Waals surface area (Å²) in [5.41, 5.74) is 2.14. The maximum atomic E-state index is 12.8. The molecule has 2 rings (SSSR count). The van der Waals surface area contributed by atoms with Crippen molar-refractivity contribution < 1.29 is 13.5 Å². The van der Waals surface area contributed by atoms with Gasteiger partial charge in [0.15, 0.2) is 0 Å². The summed E-state index contributed by atoms with van der Waals surface area (Å²) in [6, 6.07) is 0. The Labute approximate surface area is 119 Å².